The smallest absolute Gasteiger partial charge is 0.261 e. The molecule has 0 aliphatic carbocycles. The molecule has 0 radical (unpaired) electrons. The van der Waals surface area contributed by atoms with E-state index in [2.05, 4.69) is 17.4 Å². The molecule has 1 heterocycles. The summed E-state index contributed by atoms with van der Waals surface area (Å²) in [5.41, 5.74) is 3.97. The minimum atomic E-state index is -0.225. The van der Waals surface area contributed by atoms with Gasteiger partial charge in [-0.1, -0.05) is 61.0 Å². The lowest BCUT2D eigenvalue weighted by Gasteiger charge is -2.13. The minimum absolute atomic E-state index is 0.0341. The Bertz CT molecular complexity index is 1060. The highest BCUT2D eigenvalue weighted by atomic mass is 16.2. The second-order valence-corrected chi connectivity index (χ2v) is 7.61. The van der Waals surface area contributed by atoms with Gasteiger partial charge >= 0.3 is 0 Å². The first-order chi connectivity index (χ1) is 15.1. The quantitative estimate of drug-likeness (QED) is 0.411. The van der Waals surface area contributed by atoms with E-state index in [-0.39, 0.29) is 17.7 Å². The molecule has 3 aromatic rings. The van der Waals surface area contributed by atoms with E-state index in [0.29, 0.717) is 36.9 Å². The highest BCUT2D eigenvalue weighted by Gasteiger charge is 2.34. The van der Waals surface area contributed by atoms with Crippen LogP contribution in [0.5, 0.6) is 0 Å². The van der Waals surface area contributed by atoms with Crippen molar-refractivity contribution in [1.82, 2.24) is 4.90 Å². The van der Waals surface area contributed by atoms with Gasteiger partial charge in [-0.3, -0.25) is 19.3 Å². The predicted octanol–water partition coefficient (Wildman–Crippen LogP) is 5.15. The maximum absolute atomic E-state index is 12.3. The van der Waals surface area contributed by atoms with Gasteiger partial charge in [0.15, 0.2) is 0 Å². The zero-order valence-corrected chi connectivity index (χ0v) is 17.2. The van der Waals surface area contributed by atoms with Gasteiger partial charge in [0.2, 0.25) is 5.91 Å². The van der Waals surface area contributed by atoms with Crippen molar-refractivity contribution in [2.24, 2.45) is 0 Å². The third kappa shape index (κ3) is 4.72. The van der Waals surface area contributed by atoms with E-state index in [1.165, 1.54) is 4.90 Å². The Labute approximate surface area is 181 Å². The van der Waals surface area contributed by atoms with Crippen LogP contribution >= 0.6 is 0 Å². The van der Waals surface area contributed by atoms with Crippen LogP contribution in [-0.2, 0) is 4.79 Å². The van der Waals surface area contributed by atoms with Gasteiger partial charge in [0.05, 0.1) is 11.1 Å². The van der Waals surface area contributed by atoms with Crippen LogP contribution in [0.1, 0.15) is 46.4 Å². The maximum atomic E-state index is 12.3. The molecule has 0 aromatic heterocycles. The first-order valence-corrected chi connectivity index (χ1v) is 10.5. The van der Waals surface area contributed by atoms with Crippen molar-refractivity contribution in [2.45, 2.75) is 25.7 Å². The average molecular weight is 412 g/mol. The van der Waals surface area contributed by atoms with Crippen LogP contribution in [0.25, 0.3) is 11.1 Å². The van der Waals surface area contributed by atoms with Crippen LogP contribution in [-0.4, -0.2) is 29.2 Å². The molecule has 0 spiro atoms. The van der Waals surface area contributed by atoms with Crippen molar-refractivity contribution < 1.29 is 14.4 Å². The van der Waals surface area contributed by atoms with Crippen molar-refractivity contribution in [3.63, 3.8) is 0 Å². The molecule has 5 heteroatoms. The standard InChI is InChI=1S/C26H24N2O3/c29-24(27-21-16-14-20(15-17-21)19-9-3-1-4-10-19)13-5-2-8-18-28-25(30)22-11-6-7-12-23(22)26(28)31/h1,3-4,6-7,9-12,14-17H,2,5,8,13,18H2,(H,27,29). The van der Waals surface area contributed by atoms with Gasteiger partial charge in [0.1, 0.15) is 0 Å². The molecular weight excluding hydrogens is 388 g/mol. The summed E-state index contributed by atoms with van der Waals surface area (Å²) in [4.78, 5) is 38.2. The molecule has 0 saturated carbocycles. The Morgan fingerprint density at radius 2 is 1.26 bits per heavy atom. The molecule has 3 aromatic carbocycles. The summed E-state index contributed by atoms with van der Waals surface area (Å²) in [6.45, 7) is 0.384. The number of unbranched alkanes of at least 4 members (excludes halogenated alkanes) is 2. The van der Waals surface area contributed by atoms with Crippen LogP contribution in [0.2, 0.25) is 0 Å². The number of fused-ring (bicyclic) bond motifs is 1. The Morgan fingerprint density at radius 1 is 0.677 bits per heavy atom. The number of amides is 3. The van der Waals surface area contributed by atoms with E-state index < -0.39 is 0 Å². The van der Waals surface area contributed by atoms with Gasteiger partial charge in [-0.2, -0.15) is 0 Å². The van der Waals surface area contributed by atoms with E-state index in [9.17, 15) is 14.4 Å². The van der Waals surface area contributed by atoms with Gasteiger partial charge in [0.25, 0.3) is 11.8 Å². The summed E-state index contributed by atoms with van der Waals surface area (Å²) in [7, 11) is 0. The Morgan fingerprint density at radius 3 is 1.90 bits per heavy atom. The predicted molar refractivity (Wildman–Crippen MR) is 121 cm³/mol. The second kappa shape index (κ2) is 9.39. The number of nitrogens with one attached hydrogen (secondary N) is 1. The van der Waals surface area contributed by atoms with Crippen molar-refractivity contribution in [2.75, 3.05) is 11.9 Å². The number of carbonyl (C=O) groups is 3. The van der Waals surface area contributed by atoms with Gasteiger partial charge < -0.3 is 5.32 Å². The molecule has 0 saturated heterocycles. The zero-order chi connectivity index (χ0) is 21.6. The van der Waals surface area contributed by atoms with Crippen molar-refractivity contribution in [3.8, 4) is 11.1 Å². The zero-order valence-electron chi connectivity index (χ0n) is 17.2. The molecule has 4 rings (SSSR count). The average Bonchev–Trinajstić information content (AvgIpc) is 3.05. The molecule has 0 atom stereocenters. The van der Waals surface area contributed by atoms with Crippen LogP contribution in [0.3, 0.4) is 0 Å². The molecule has 1 aliphatic heterocycles. The van der Waals surface area contributed by atoms with E-state index in [1.807, 2.05) is 42.5 Å². The van der Waals surface area contributed by atoms with Crippen LogP contribution in [0.4, 0.5) is 5.69 Å². The molecule has 0 bridgehead atoms. The lowest BCUT2D eigenvalue weighted by atomic mass is 10.1. The topological polar surface area (TPSA) is 66.5 Å². The number of nitrogens with zero attached hydrogens (tertiary/aromatic N) is 1. The highest BCUT2D eigenvalue weighted by molar-refractivity contribution is 6.21. The molecule has 31 heavy (non-hydrogen) atoms. The summed E-state index contributed by atoms with van der Waals surface area (Å²) in [6.07, 6.45) is 2.57. The number of hydrogen-bond donors (Lipinski definition) is 1. The van der Waals surface area contributed by atoms with Gasteiger partial charge in [0, 0.05) is 18.7 Å². The minimum Gasteiger partial charge on any atom is -0.326 e. The normalized spacial score (nSPS) is 12.7. The van der Waals surface area contributed by atoms with Crippen molar-refractivity contribution in [3.05, 3.63) is 90.0 Å². The molecule has 0 unspecified atom stereocenters. The summed E-state index contributed by atoms with van der Waals surface area (Å²) in [5, 5.41) is 2.92. The summed E-state index contributed by atoms with van der Waals surface area (Å²) in [5.74, 6) is -0.484. The Balaban J connectivity index is 1.18. The van der Waals surface area contributed by atoms with E-state index >= 15 is 0 Å². The third-order valence-electron chi connectivity index (χ3n) is 5.44. The van der Waals surface area contributed by atoms with Gasteiger partial charge in [-0.05, 0) is 48.2 Å². The van der Waals surface area contributed by atoms with Crippen molar-refractivity contribution >= 4 is 23.4 Å². The summed E-state index contributed by atoms with van der Waals surface area (Å²) >= 11 is 0. The van der Waals surface area contributed by atoms with Crippen molar-refractivity contribution in [1.29, 1.82) is 0 Å². The van der Waals surface area contributed by atoms with Crippen LogP contribution < -0.4 is 5.32 Å². The monoisotopic (exact) mass is 412 g/mol. The first-order valence-electron chi connectivity index (χ1n) is 10.5. The number of carbonyl (C=O) groups excluding carboxylic acids is 3. The fraction of sp³-hybridized carbons (Fsp3) is 0.192. The molecular formula is C26H24N2O3. The fourth-order valence-corrected chi connectivity index (χ4v) is 3.77. The Kier molecular flexibility index (Phi) is 6.22. The molecule has 5 nitrogen and oxygen atoms in total. The van der Waals surface area contributed by atoms with E-state index in [4.69, 9.17) is 0 Å². The molecule has 1 aliphatic rings. The van der Waals surface area contributed by atoms with Gasteiger partial charge in [-0.25, -0.2) is 0 Å². The third-order valence-corrected chi connectivity index (χ3v) is 5.44. The van der Waals surface area contributed by atoms with E-state index in [0.717, 1.165) is 23.2 Å². The highest BCUT2D eigenvalue weighted by Crippen LogP contribution is 2.23. The number of anilines is 1. The number of hydrogen-bond acceptors (Lipinski definition) is 3. The summed E-state index contributed by atoms with van der Waals surface area (Å²) < 4.78 is 0. The molecule has 1 N–H and O–H groups in total. The van der Waals surface area contributed by atoms with E-state index in [1.54, 1.807) is 24.3 Å². The Hall–Kier alpha value is -3.73. The lowest BCUT2D eigenvalue weighted by Crippen LogP contribution is -2.30. The molecule has 0 fully saturated rings. The summed E-state index contributed by atoms with van der Waals surface area (Å²) in [6, 6.07) is 24.8. The number of imide groups is 1. The largest absolute Gasteiger partial charge is 0.326 e. The number of benzene rings is 3. The van der Waals surface area contributed by atoms with Crippen LogP contribution in [0.15, 0.2) is 78.9 Å². The SMILES string of the molecule is O=C(CCCCCN1C(=O)c2ccccc2C1=O)Nc1ccc(-c2ccccc2)cc1. The molecule has 3 amide bonds. The molecule has 156 valence electrons. The maximum Gasteiger partial charge on any atom is 0.261 e. The van der Waals surface area contributed by atoms with Gasteiger partial charge in [-0.15, -0.1) is 0 Å². The fourth-order valence-electron chi connectivity index (χ4n) is 3.77. The first kappa shape index (κ1) is 20.5. The van der Waals surface area contributed by atoms with Crippen LogP contribution in [0, 0.1) is 0 Å². The number of rotatable bonds is 8. The lowest BCUT2D eigenvalue weighted by molar-refractivity contribution is -0.116. The second-order valence-electron chi connectivity index (χ2n) is 7.61.